The number of rotatable bonds is 2. The molecule has 6 heteroatoms. The van der Waals surface area contributed by atoms with E-state index >= 15 is 0 Å². The lowest BCUT2D eigenvalue weighted by Crippen LogP contribution is -2.11. The van der Waals surface area contributed by atoms with Gasteiger partial charge in [0.1, 0.15) is 4.34 Å². The number of thiazole rings is 1. The Bertz CT molecular complexity index is 509. The Hall–Kier alpha value is -1.59. The standard InChI is InChI=1S/C10H8ClN3OS/c11-8-5-13-10(16-8)14-9(15)6-1-3-7(12)4-2-6/h1-5H,12H2,(H,13,14,15). The molecule has 0 bridgehead atoms. The molecule has 0 radical (unpaired) electrons. The summed E-state index contributed by atoms with van der Waals surface area (Å²) in [6.07, 6.45) is 1.49. The lowest BCUT2D eigenvalue weighted by molar-refractivity contribution is 0.102. The van der Waals surface area contributed by atoms with Gasteiger partial charge < -0.3 is 5.73 Å². The number of nitrogens with zero attached hydrogens (tertiary/aromatic N) is 1. The van der Waals surface area contributed by atoms with Crippen molar-refractivity contribution in [2.75, 3.05) is 11.1 Å². The number of carbonyl (C=O) groups excluding carboxylic acids is 1. The summed E-state index contributed by atoms with van der Waals surface area (Å²) in [6.45, 7) is 0. The number of halogens is 1. The Morgan fingerprint density at radius 3 is 2.62 bits per heavy atom. The molecule has 1 heterocycles. The number of amides is 1. The number of aromatic nitrogens is 1. The van der Waals surface area contributed by atoms with Crippen molar-refractivity contribution in [2.45, 2.75) is 0 Å². The van der Waals surface area contributed by atoms with Gasteiger partial charge in [-0.2, -0.15) is 0 Å². The number of anilines is 2. The SMILES string of the molecule is Nc1ccc(C(=O)Nc2ncc(Cl)s2)cc1. The second-order valence-corrected chi connectivity index (χ2v) is 4.71. The van der Waals surface area contributed by atoms with E-state index in [0.29, 0.717) is 20.7 Å². The van der Waals surface area contributed by atoms with Gasteiger partial charge in [-0.1, -0.05) is 22.9 Å². The fraction of sp³-hybridized carbons (Fsp3) is 0. The third-order valence-electron chi connectivity index (χ3n) is 1.87. The van der Waals surface area contributed by atoms with Crippen molar-refractivity contribution in [3.8, 4) is 0 Å². The normalized spacial score (nSPS) is 10.1. The monoisotopic (exact) mass is 253 g/mol. The molecule has 1 amide bonds. The van der Waals surface area contributed by atoms with Crippen LogP contribution in [0.4, 0.5) is 10.8 Å². The number of nitrogens with two attached hydrogens (primary N) is 1. The zero-order valence-electron chi connectivity index (χ0n) is 8.11. The van der Waals surface area contributed by atoms with E-state index in [9.17, 15) is 4.79 Å². The van der Waals surface area contributed by atoms with Gasteiger partial charge >= 0.3 is 0 Å². The second-order valence-electron chi connectivity index (χ2n) is 3.05. The van der Waals surface area contributed by atoms with Crippen LogP contribution in [0.1, 0.15) is 10.4 Å². The Kier molecular flexibility index (Phi) is 3.07. The Morgan fingerprint density at radius 2 is 2.06 bits per heavy atom. The molecule has 0 spiro atoms. The molecule has 0 fully saturated rings. The lowest BCUT2D eigenvalue weighted by atomic mass is 10.2. The molecule has 0 unspecified atom stereocenters. The Morgan fingerprint density at radius 1 is 1.38 bits per heavy atom. The van der Waals surface area contributed by atoms with Gasteiger partial charge in [-0.05, 0) is 24.3 Å². The maximum atomic E-state index is 11.7. The van der Waals surface area contributed by atoms with Crippen LogP contribution in [0.5, 0.6) is 0 Å². The van der Waals surface area contributed by atoms with Crippen LogP contribution in [0.25, 0.3) is 0 Å². The molecular weight excluding hydrogens is 246 g/mol. The van der Waals surface area contributed by atoms with E-state index in [4.69, 9.17) is 17.3 Å². The van der Waals surface area contributed by atoms with Gasteiger partial charge in [0.2, 0.25) is 0 Å². The first-order valence-corrected chi connectivity index (χ1v) is 5.63. The summed E-state index contributed by atoms with van der Waals surface area (Å²) in [5.41, 5.74) is 6.67. The van der Waals surface area contributed by atoms with Gasteiger partial charge in [0, 0.05) is 11.3 Å². The average Bonchev–Trinajstić information content (AvgIpc) is 2.65. The highest BCUT2D eigenvalue weighted by Gasteiger charge is 2.07. The molecule has 0 saturated carbocycles. The molecule has 82 valence electrons. The molecular formula is C10H8ClN3OS. The van der Waals surface area contributed by atoms with Gasteiger partial charge in [-0.3, -0.25) is 10.1 Å². The van der Waals surface area contributed by atoms with E-state index < -0.39 is 0 Å². The van der Waals surface area contributed by atoms with Gasteiger partial charge in [0.05, 0.1) is 6.20 Å². The van der Waals surface area contributed by atoms with Crippen LogP contribution in [0.2, 0.25) is 4.34 Å². The minimum atomic E-state index is -0.231. The molecule has 0 aliphatic rings. The van der Waals surface area contributed by atoms with E-state index in [-0.39, 0.29) is 5.91 Å². The number of nitrogens with one attached hydrogen (secondary N) is 1. The molecule has 2 aromatic rings. The van der Waals surface area contributed by atoms with Crippen molar-refractivity contribution in [3.63, 3.8) is 0 Å². The summed E-state index contributed by atoms with van der Waals surface area (Å²) in [7, 11) is 0. The molecule has 16 heavy (non-hydrogen) atoms. The van der Waals surface area contributed by atoms with Crippen molar-refractivity contribution in [1.29, 1.82) is 0 Å². The van der Waals surface area contributed by atoms with E-state index in [0.717, 1.165) is 0 Å². The van der Waals surface area contributed by atoms with Crippen LogP contribution in [-0.4, -0.2) is 10.9 Å². The van der Waals surface area contributed by atoms with Gasteiger partial charge in [0.25, 0.3) is 5.91 Å². The summed E-state index contributed by atoms with van der Waals surface area (Å²) in [5.74, 6) is -0.231. The first-order chi connectivity index (χ1) is 7.65. The zero-order chi connectivity index (χ0) is 11.5. The van der Waals surface area contributed by atoms with Gasteiger partial charge in [0.15, 0.2) is 5.13 Å². The minimum Gasteiger partial charge on any atom is -0.399 e. The fourth-order valence-corrected chi connectivity index (χ4v) is 1.92. The number of nitrogen functional groups attached to an aromatic ring is 1. The third-order valence-corrected chi connectivity index (χ3v) is 2.90. The number of benzene rings is 1. The second kappa shape index (κ2) is 4.51. The van der Waals surface area contributed by atoms with E-state index in [1.165, 1.54) is 17.5 Å². The van der Waals surface area contributed by atoms with E-state index in [1.807, 2.05) is 0 Å². The highest BCUT2D eigenvalue weighted by atomic mass is 35.5. The lowest BCUT2D eigenvalue weighted by Gasteiger charge is -2.01. The summed E-state index contributed by atoms with van der Waals surface area (Å²) >= 11 is 6.91. The summed E-state index contributed by atoms with van der Waals surface area (Å²) in [4.78, 5) is 15.6. The van der Waals surface area contributed by atoms with Crippen molar-refractivity contribution in [1.82, 2.24) is 4.98 Å². The molecule has 3 N–H and O–H groups in total. The van der Waals surface area contributed by atoms with Crippen LogP contribution in [0, 0.1) is 0 Å². The molecule has 0 aliphatic heterocycles. The first kappa shape index (κ1) is 10.9. The number of hydrogen-bond donors (Lipinski definition) is 2. The van der Waals surface area contributed by atoms with Crippen molar-refractivity contribution in [2.24, 2.45) is 0 Å². The Labute approximate surface area is 101 Å². The smallest absolute Gasteiger partial charge is 0.257 e. The molecule has 1 aromatic carbocycles. The topological polar surface area (TPSA) is 68.0 Å². The summed E-state index contributed by atoms with van der Waals surface area (Å²) in [5, 5.41) is 3.12. The van der Waals surface area contributed by atoms with Crippen LogP contribution in [-0.2, 0) is 0 Å². The summed E-state index contributed by atoms with van der Waals surface area (Å²) < 4.78 is 0.535. The van der Waals surface area contributed by atoms with Crippen LogP contribution >= 0.6 is 22.9 Å². The zero-order valence-corrected chi connectivity index (χ0v) is 9.68. The molecule has 4 nitrogen and oxygen atoms in total. The average molecular weight is 254 g/mol. The highest BCUT2D eigenvalue weighted by Crippen LogP contribution is 2.23. The Balaban J connectivity index is 2.11. The fourth-order valence-electron chi connectivity index (χ4n) is 1.12. The van der Waals surface area contributed by atoms with Crippen LogP contribution < -0.4 is 11.1 Å². The minimum absolute atomic E-state index is 0.231. The number of hydrogen-bond acceptors (Lipinski definition) is 4. The first-order valence-electron chi connectivity index (χ1n) is 4.43. The predicted molar refractivity (Wildman–Crippen MR) is 65.9 cm³/mol. The molecule has 0 atom stereocenters. The summed E-state index contributed by atoms with van der Waals surface area (Å²) in [6, 6.07) is 6.65. The maximum Gasteiger partial charge on any atom is 0.257 e. The van der Waals surface area contributed by atoms with Crippen LogP contribution in [0.15, 0.2) is 30.5 Å². The highest BCUT2D eigenvalue weighted by molar-refractivity contribution is 7.19. The van der Waals surface area contributed by atoms with Crippen molar-refractivity contribution in [3.05, 3.63) is 40.4 Å². The largest absolute Gasteiger partial charge is 0.399 e. The van der Waals surface area contributed by atoms with Crippen LogP contribution in [0.3, 0.4) is 0 Å². The molecule has 0 saturated heterocycles. The maximum absolute atomic E-state index is 11.7. The third kappa shape index (κ3) is 2.50. The quantitative estimate of drug-likeness (QED) is 0.809. The van der Waals surface area contributed by atoms with Crippen molar-refractivity contribution < 1.29 is 4.79 Å². The molecule has 0 aliphatic carbocycles. The van der Waals surface area contributed by atoms with Gasteiger partial charge in [-0.15, -0.1) is 0 Å². The molecule has 2 rings (SSSR count). The van der Waals surface area contributed by atoms with E-state index in [1.54, 1.807) is 24.3 Å². The predicted octanol–water partition coefficient (Wildman–Crippen LogP) is 2.63. The van der Waals surface area contributed by atoms with Crippen molar-refractivity contribution >= 4 is 39.7 Å². The number of carbonyl (C=O) groups is 1. The van der Waals surface area contributed by atoms with Gasteiger partial charge in [-0.25, -0.2) is 4.98 Å². The molecule has 1 aromatic heterocycles. The van der Waals surface area contributed by atoms with E-state index in [2.05, 4.69) is 10.3 Å².